The Balaban J connectivity index is 0.985. The third-order valence-electron chi connectivity index (χ3n) is 10.0. The fourth-order valence-corrected chi connectivity index (χ4v) is 7.51. The zero-order chi connectivity index (χ0) is 33.7. The van der Waals surface area contributed by atoms with Crippen LogP contribution in [0.5, 0.6) is 11.5 Å². The highest BCUT2D eigenvalue weighted by Gasteiger charge is 2.24. The first kappa shape index (κ1) is 29.1. The van der Waals surface area contributed by atoms with Gasteiger partial charge in [0.1, 0.15) is 0 Å². The van der Waals surface area contributed by atoms with Crippen molar-refractivity contribution in [3.8, 4) is 50.6 Å². The van der Waals surface area contributed by atoms with Crippen LogP contribution in [0.4, 0.5) is 17.1 Å². The van der Waals surface area contributed by atoms with E-state index in [4.69, 9.17) is 4.74 Å². The van der Waals surface area contributed by atoms with E-state index in [2.05, 4.69) is 204 Å². The molecule has 0 fully saturated rings. The molecule has 0 saturated heterocycles. The van der Waals surface area contributed by atoms with E-state index in [1.54, 1.807) is 0 Å². The number of rotatable bonds is 6. The Bertz CT molecular complexity index is 2680. The van der Waals surface area contributed by atoms with Gasteiger partial charge < -0.3 is 14.2 Å². The molecule has 240 valence electrons. The molecule has 51 heavy (non-hydrogen) atoms. The first-order chi connectivity index (χ1) is 25.3. The lowest BCUT2D eigenvalue weighted by molar-refractivity contribution is 0.476. The van der Waals surface area contributed by atoms with E-state index >= 15 is 0 Å². The average Bonchev–Trinajstić information content (AvgIpc) is 3.55. The van der Waals surface area contributed by atoms with Crippen molar-refractivity contribution in [2.75, 3.05) is 4.90 Å². The molecule has 0 spiro atoms. The minimum atomic E-state index is 0.863. The minimum Gasteiger partial charge on any atom is -0.453 e. The van der Waals surface area contributed by atoms with Gasteiger partial charge in [0.15, 0.2) is 11.5 Å². The van der Waals surface area contributed by atoms with Crippen LogP contribution in [-0.2, 0) is 0 Å². The highest BCUT2D eigenvalue weighted by atomic mass is 16.5. The Kier molecular flexibility index (Phi) is 6.81. The van der Waals surface area contributed by atoms with Gasteiger partial charge in [-0.05, 0) is 94.0 Å². The summed E-state index contributed by atoms with van der Waals surface area (Å²) < 4.78 is 8.81. The Hall–Kier alpha value is -6.84. The molecule has 0 N–H and O–H groups in total. The number of hydrogen-bond acceptors (Lipinski definition) is 2. The summed E-state index contributed by atoms with van der Waals surface area (Å²) in [5.41, 5.74) is 13.8. The molecule has 0 aliphatic carbocycles. The van der Waals surface area contributed by atoms with Crippen molar-refractivity contribution in [3.05, 3.63) is 194 Å². The van der Waals surface area contributed by atoms with Gasteiger partial charge >= 0.3 is 0 Å². The third-order valence-corrected chi connectivity index (χ3v) is 10.0. The SMILES string of the molecule is c1ccc(-c2ccc(-c3ccc(N(c4ccccc4)c4ccc(-c5ccc6c(c5)-n5c7ccccc7c7cccc(c75)O6)cc4)cc3)cc2)cc1. The van der Waals surface area contributed by atoms with E-state index in [1.807, 2.05) is 0 Å². The molecule has 3 heteroatoms. The van der Waals surface area contributed by atoms with Gasteiger partial charge in [0.25, 0.3) is 0 Å². The standard InChI is InChI=1S/C48H32N2O/c1-3-10-33(11-4-1)34-18-20-35(21-19-34)36-22-27-40(28-23-36)49(39-12-5-2-6-13-39)41-29-24-37(25-30-41)38-26-31-46-45(32-38)50-44-16-8-7-14-42(44)43-15-9-17-47(51-46)48(43)50/h1-32H. The van der Waals surface area contributed by atoms with Gasteiger partial charge in [-0.15, -0.1) is 0 Å². The highest BCUT2D eigenvalue weighted by molar-refractivity contribution is 6.12. The summed E-state index contributed by atoms with van der Waals surface area (Å²) in [6.07, 6.45) is 0. The van der Waals surface area contributed by atoms with Gasteiger partial charge in [-0.1, -0.05) is 133 Å². The predicted molar refractivity (Wildman–Crippen MR) is 212 cm³/mol. The van der Waals surface area contributed by atoms with Crippen LogP contribution in [-0.4, -0.2) is 4.57 Å². The van der Waals surface area contributed by atoms with Gasteiger partial charge in [0, 0.05) is 27.8 Å². The second-order valence-electron chi connectivity index (χ2n) is 13.0. The molecule has 1 aromatic heterocycles. The van der Waals surface area contributed by atoms with E-state index in [-0.39, 0.29) is 0 Å². The molecule has 9 aromatic rings. The maximum Gasteiger partial charge on any atom is 0.152 e. The Labute approximate surface area is 296 Å². The first-order valence-electron chi connectivity index (χ1n) is 17.3. The molecule has 0 atom stereocenters. The predicted octanol–water partition coefficient (Wildman–Crippen LogP) is 13.4. The normalized spacial score (nSPS) is 11.7. The molecule has 0 radical (unpaired) electrons. The summed E-state index contributed by atoms with van der Waals surface area (Å²) in [5.74, 6) is 1.76. The molecule has 0 saturated carbocycles. The first-order valence-corrected chi connectivity index (χ1v) is 17.3. The van der Waals surface area contributed by atoms with Crippen LogP contribution in [0.15, 0.2) is 194 Å². The Morgan fingerprint density at radius 3 is 1.51 bits per heavy atom. The second-order valence-corrected chi connectivity index (χ2v) is 13.0. The number of nitrogens with zero attached hydrogens (tertiary/aromatic N) is 2. The largest absolute Gasteiger partial charge is 0.453 e. The van der Waals surface area contributed by atoms with Crippen molar-refractivity contribution < 1.29 is 4.74 Å². The van der Waals surface area contributed by atoms with Crippen LogP contribution in [0.1, 0.15) is 0 Å². The van der Waals surface area contributed by atoms with Crippen molar-refractivity contribution in [2.24, 2.45) is 0 Å². The molecule has 1 aliphatic rings. The van der Waals surface area contributed by atoms with Gasteiger partial charge in [-0.3, -0.25) is 0 Å². The van der Waals surface area contributed by atoms with Gasteiger partial charge in [0.2, 0.25) is 0 Å². The summed E-state index contributed by atoms with van der Waals surface area (Å²) in [6.45, 7) is 0. The summed E-state index contributed by atoms with van der Waals surface area (Å²) >= 11 is 0. The lowest BCUT2D eigenvalue weighted by Crippen LogP contribution is -2.09. The Morgan fingerprint density at radius 2 is 0.843 bits per heavy atom. The zero-order valence-electron chi connectivity index (χ0n) is 27.8. The number of ether oxygens (including phenoxy) is 1. The van der Waals surface area contributed by atoms with Crippen LogP contribution in [0.3, 0.4) is 0 Å². The topological polar surface area (TPSA) is 17.4 Å². The summed E-state index contributed by atoms with van der Waals surface area (Å²) in [5, 5.41) is 2.44. The Morgan fingerprint density at radius 1 is 0.353 bits per heavy atom. The number of para-hydroxylation sites is 3. The maximum atomic E-state index is 6.45. The van der Waals surface area contributed by atoms with Crippen LogP contribution in [0, 0.1) is 0 Å². The maximum absolute atomic E-state index is 6.45. The number of anilines is 3. The lowest BCUT2D eigenvalue weighted by atomic mass is 10.00. The minimum absolute atomic E-state index is 0.863. The highest BCUT2D eigenvalue weighted by Crippen LogP contribution is 2.46. The zero-order valence-corrected chi connectivity index (χ0v) is 27.8. The summed E-state index contributed by atoms with van der Waals surface area (Å²) in [7, 11) is 0. The van der Waals surface area contributed by atoms with Crippen molar-refractivity contribution in [2.45, 2.75) is 0 Å². The molecule has 0 amide bonds. The average molecular weight is 653 g/mol. The van der Waals surface area contributed by atoms with Crippen LogP contribution < -0.4 is 9.64 Å². The van der Waals surface area contributed by atoms with Crippen molar-refractivity contribution >= 4 is 38.9 Å². The third kappa shape index (κ3) is 4.98. The van der Waals surface area contributed by atoms with Crippen molar-refractivity contribution in [1.29, 1.82) is 0 Å². The van der Waals surface area contributed by atoms with E-state index in [0.29, 0.717) is 0 Å². The van der Waals surface area contributed by atoms with Crippen molar-refractivity contribution in [1.82, 2.24) is 4.57 Å². The molecular weight excluding hydrogens is 621 g/mol. The number of benzene rings is 8. The quantitative estimate of drug-likeness (QED) is 0.178. The van der Waals surface area contributed by atoms with Crippen LogP contribution >= 0.6 is 0 Å². The number of hydrogen-bond donors (Lipinski definition) is 0. The molecule has 8 aromatic carbocycles. The van der Waals surface area contributed by atoms with Crippen LogP contribution in [0.2, 0.25) is 0 Å². The second kappa shape index (κ2) is 11.9. The smallest absolute Gasteiger partial charge is 0.152 e. The molecule has 0 bridgehead atoms. The monoisotopic (exact) mass is 652 g/mol. The van der Waals surface area contributed by atoms with E-state index < -0.39 is 0 Å². The summed E-state index contributed by atoms with van der Waals surface area (Å²) in [4.78, 5) is 2.31. The van der Waals surface area contributed by atoms with Gasteiger partial charge in [0.05, 0.1) is 16.7 Å². The van der Waals surface area contributed by atoms with Gasteiger partial charge in [-0.2, -0.15) is 0 Å². The lowest BCUT2D eigenvalue weighted by Gasteiger charge is -2.26. The number of fused-ring (bicyclic) bond motifs is 5. The molecule has 10 rings (SSSR count). The molecule has 3 nitrogen and oxygen atoms in total. The van der Waals surface area contributed by atoms with Crippen molar-refractivity contribution in [3.63, 3.8) is 0 Å². The molecular formula is C48H32N2O. The van der Waals surface area contributed by atoms with E-state index in [9.17, 15) is 0 Å². The molecule has 2 heterocycles. The van der Waals surface area contributed by atoms with E-state index in [0.717, 1.165) is 50.9 Å². The molecule has 1 aliphatic heterocycles. The summed E-state index contributed by atoms with van der Waals surface area (Å²) in [6, 6.07) is 69.1. The fourth-order valence-electron chi connectivity index (χ4n) is 7.51. The fraction of sp³-hybridized carbons (Fsp3) is 0. The van der Waals surface area contributed by atoms with Crippen LogP contribution in [0.25, 0.3) is 60.9 Å². The molecule has 0 unspecified atom stereocenters. The number of aromatic nitrogens is 1. The van der Waals surface area contributed by atoms with E-state index in [1.165, 1.54) is 38.5 Å². The van der Waals surface area contributed by atoms with Gasteiger partial charge in [-0.25, -0.2) is 0 Å².